The zero-order valence-corrected chi connectivity index (χ0v) is 12.0. The van der Waals surface area contributed by atoms with Gasteiger partial charge < -0.3 is 11.1 Å². The molecule has 1 saturated carbocycles. The second kappa shape index (κ2) is 5.77. The van der Waals surface area contributed by atoms with Crippen LogP contribution in [0.15, 0.2) is 12.5 Å². The van der Waals surface area contributed by atoms with Gasteiger partial charge in [-0.3, -0.25) is 9.89 Å². The summed E-state index contributed by atoms with van der Waals surface area (Å²) in [5.41, 5.74) is 6.56. The first kappa shape index (κ1) is 13.9. The molecule has 7 heteroatoms. The molecule has 0 spiro atoms. The molecule has 1 atom stereocenters. The summed E-state index contributed by atoms with van der Waals surface area (Å²) in [6.07, 6.45) is 6.84. The van der Waals surface area contributed by atoms with Gasteiger partial charge in [-0.05, 0) is 38.5 Å². The molecule has 1 aliphatic carbocycles. The normalized spacial score (nSPS) is 23.9. The number of anilines is 1. The molecule has 2 aromatic heterocycles. The highest BCUT2D eigenvalue weighted by atomic mass is 16.1. The monoisotopic (exact) mass is 288 g/mol. The Morgan fingerprint density at radius 2 is 2.14 bits per heavy atom. The summed E-state index contributed by atoms with van der Waals surface area (Å²) in [7, 11) is 0. The molecule has 1 aliphatic rings. The number of H-pyrrole nitrogens is 1. The lowest BCUT2D eigenvalue weighted by molar-refractivity contribution is -0.121. The van der Waals surface area contributed by atoms with E-state index in [1.165, 1.54) is 6.33 Å². The number of carbonyl (C=O) groups is 1. The van der Waals surface area contributed by atoms with E-state index >= 15 is 0 Å². The summed E-state index contributed by atoms with van der Waals surface area (Å²) >= 11 is 0. The lowest BCUT2D eigenvalue weighted by Crippen LogP contribution is -2.33. The van der Waals surface area contributed by atoms with E-state index in [4.69, 9.17) is 5.73 Å². The van der Waals surface area contributed by atoms with Gasteiger partial charge in [0.2, 0.25) is 5.91 Å². The first-order chi connectivity index (χ1) is 10.1. The Balaban J connectivity index is 1.66. The van der Waals surface area contributed by atoms with Crippen molar-refractivity contribution in [3.63, 3.8) is 0 Å². The first-order valence-corrected chi connectivity index (χ1v) is 7.35. The lowest BCUT2D eigenvalue weighted by Gasteiger charge is -2.29. The van der Waals surface area contributed by atoms with Gasteiger partial charge in [-0.25, -0.2) is 9.97 Å². The minimum absolute atomic E-state index is 0.0272. The third-order valence-corrected chi connectivity index (χ3v) is 4.38. The average Bonchev–Trinajstić information content (AvgIpc) is 2.97. The Kier molecular flexibility index (Phi) is 3.83. The van der Waals surface area contributed by atoms with Crippen molar-refractivity contribution in [1.82, 2.24) is 20.2 Å². The Morgan fingerprint density at radius 1 is 1.38 bits per heavy atom. The summed E-state index contributed by atoms with van der Waals surface area (Å²) in [6.45, 7) is 2.04. The molecule has 21 heavy (non-hydrogen) atoms. The minimum Gasteiger partial charge on any atom is -0.328 e. The van der Waals surface area contributed by atoms with Gasteiger partial charge in [0, 0.05) is 12.0 Å². The second-order valence-electron chi connectivity index (χ2n) is 5.81. The number of amides is 1. The molecule has 2 aromatic rings. The Bertz CT molecular complexity index is 629. The molecule has 0 aromatic carbocycles. The SMILES string of the molecule is CC(N)C1CCC(C(=O)Nc2ncnc3[nH]ncc23)CC1. The van der Waals surface area contributed by atoms with Crippen molar-refractivity contribution in [3.05, 3.63) is 12.5 Å². The van der Waals surface area contributed by atoms with Crippen LogP contribution in [0, 0.1) is 11.8 Å². The van der Waals surface area contributed by atoms with E-state index in [0.29, 0.717) is 17.4 Å². The molecule has 2 heterocycles. The van der Waals surface area contributed by atoms with Crippen LogP contribution >= 0.6 is 0 Å². The fraction of sp³-hybridized carbons (Fsp3) is 0.571. The highest BCUT2D eigenvalue weighted by molar-refractivity contribution is 5.98. The maximum Gasteiger partial charge on any atom is 0.228 e. The fourth-order valence-corrected chi connectivity index (χ4v) is 2.99. The fourth-order valence-electron chi connectivity index (χ4n) is 2.99. The van der Waals surface area contributed by atoms with E-state index in [9.17, 15) is 4.79 Å². The van der Waals surface area contributed by atoms with E-state index < -0.39 is 0 Å². The molecule has 0 saturated heterocycles. The zero-order valence-electron chi connectivity index (χ0n) is 12.0. The van der Waals surface area contributed by atoms with Gasteiger partial charge in [-0.2, -0.15) is 5.10 Å². The standard InChI is InChI=1S/C14H20N6O/c1-8(15)9-2-4-10(5-3-9)14(21)19-12-11-6-18-20-13(11)17-7-16-12/h6-10H,2-5,15H2,1H3,(H2,16,17,18,19,20,21). The maximum atomic E-state index is 12.4. The van der Waals surface area contributed by atoms with Crippen LogP contribution in [-0.4, -0.2) is 32.1 Å². The number of nitrogens with zero attached hydrogens (tertiary/aromatic N) is 3. The number of aromatic amines is 1. The van der Waals surface area contributed by atoms with Crippen molar-refractivity contribution in [2.24, 2.45) is 17.6 Å². The molecular weight excluding hydrogens is 268 g/mol. The van der Waals surface area contributed by atoms with Gasteiger partial charge in [0.05, 0.1) is 11.6 Å². The third-order valence-electron chi connectivity index (χ3n) is 4.38. The molecule has 1 fully saturated rings. The topological polar surface area (TPSA) is 110 Å². The predicted molar refractivity (Wildman–Crippen MR) is 79.4 cm³/mol. The van der Waals surface area contributed by atoms with Crippen LogP contribution in [-0.2, 0) is 4.79 Å². The first-order valence-electron chi connectivity index (χ1n) is 7.35. The van der Waals surface area contributed by atoms with E-state index in [2.05, 4.69) is 25.5 Å². The number of aromatic nitrogens is 4. The smallest absolute Gasteiger partial charge is 0.228 e. The molecule has 1 unspecified atom stereocenters. The Labute approximate surface area is 122 Å². The van der Waals surface area contributed by atoms with Gasteiger partial charge in [-0.1, -0.05) is 0 Å². The van der Waals surface area contributed by atoms with Crippen LogP contribution in [0.2, 0.25) is 0 Å². The Hall–Kier alpha value is -2.02. The van der Waals surface area contributed by atoms with Gasteiger partial charge in [-0.15, -0.1) is 0 Å². The average molecular weight is 288 g/mol. The zero-order chi connectivity index (χ0) is 14.8. The molecule has 0 bridgehead atoms. The molecular formula is C14H20N6O. The van der Waals surface area contributed by atoms with Gasteiger partial charge in [0.1, 0.15) is 12.1 Å². The van der Waals surface area contributed by atoms with Crippen LogP contribution in [0.5, 0.6) is 0 Å². The van der Waals surface area contributed by atoms with Gasteiger partial charge in [0.15, 0.2) is 5.65 Å². The predicted octanol–water partition coefficient (Wildman–Crippen LogP) is 1.44. The third kappa shape index (κ3) is 2.87. The molecule has 112 valence electrons. The molecule has 0 radical (unpaired) electrons. The maximum absolute atomic E-state index is 12.4. The Morgan fingerprint density at radius 3 is 2.86 bits per heavy atom. The summed E-state index contributed by atoms with van der Waals surface area (Å²) in [4.78, 5) is 20.6. The van der Waals surface area contributed by atoms with Crippen molar-refractivity contribution in [1.29, 1.82) is 0 Å². The molecule has 7 nitrogen and oxygen atoms in total. The quantitative estimate of drug-likeness (QED) is 0.791. The highest BCUT2D eigenvalue weighted by Crippen LogP contribution is 2.31. The minimum atomic E-state index is 0.0272. The summed E-state index contributed by atoms with van der Waals surface area (Å²) in [5.74, 6) is 1.12. The number of nitrogens with two attached hydrogens (primary N) is 1. The number of rotatable bonds is 3. The number of nitrogens with one attached hydrogen (secondary N) is 2. The van der Waals surface area contributed by atoms with Gasteiger partial charge >= 0.3 is 0 Å². The molecule has 0 aliphatic heterocycles. The van der Waals surface area contributed by atoms with Crippen LogP contribution in [0.25, 0.3) is 11.0 Å². The van der Waals surface area contributed by atoms with Crippen LogP contribution in [0.1, 0.15) is 32.6 Å². The molecule has 4 N–H and O–H groups in total. The largest absolute Gasteiger partial charge is 0.328 e. The summed E-state index contributed by atoms with van der Waals surface area (Å²) in [5, 5.41) is 10.3. The number of hydrogen-bond acceptors (Lipinski definition) is 5. The highest BCUT2D eigenvalue weighted by Gasteiger charge is 2.28. The molecule has 3 rings (SSSR count). The van der Waals surface area contributed by atoms with Crippen molar-refractivity contribution in [3.8, 4) is 0 Å². The number of hydrogen-bond donors (Lipinski definition) is 3. The van der Waals surface area contributed by atoms with Crippen molar-refractivity contribution >= 4 is 22.8 Å². The lowest BCUT2D eigenvalue weighted by atomic mass is 9.79. The molecule has 1 amide bonds. The summed E-state index contributed by atoms with van der Waals surface area (Å²) < 4.78 is 0. The summed E-state index contributed by atoms with van der Waals surface area (Å²) in [6, 6.07) is 0.210. The van der Waals surface area contributed by atoms with Crippen LogP contribution in [0.4, 0.5) is 5.82 Å². The van der Waals surface area contributed by atoms with Crippen LogP contribution in [0.3, 0.4) is 0 Å². The van der Waals surface area contributed by atoms with E-state index in [0.717, 1.165) is 31.1 Å². The van der Waals surface area contributed by atoms with Gasteiger partial charge in [0.25, 0.3) is 0 Å². The van der Waals surface area contributed by atoms with Crippen LogP contribution < -0.4 is 11.1 Å². The van der Waals surface area contributed by atoms with E-state index in [-0.39, 0.29) is 17.9 Å². The number of carbonyl (C=O) groups excluding carboxylic acids is 1. The van der Waals surface area contributed by atoms with Crippen molar-refractivity contribution < 1.29 is 4.79 Å². The van der Waals surface area contributed by atoms with Crippen molar-refractivity contribution in [2.45, 2.75) is 38.6 Å². The van der Waals surface area contributed by atoms with E-state index in [1.807, 2.05) is 6.92 Å². The van der Waals surface area contributed by atoms with E-state index in [1.54, 1.807) is 6.20 Å². The number of fused-ring (bicyclic) bond motifs is 1. The second-order valence-corrected chi connectivity index (χ2v) is 5.81. The van der Waals surface area contributed by atoms with Crippen molar-refractivity contribution in [2.75, 3.05) is 5.32 Å².